The number of hydrogen-bond donors (Lipinski definition) is 0. The third-order valence-electron chi connectivity index (χ3n) is 11.3. The Morgan fingerprint density at radius 3 is 0.867 bits per heavy atom. The molecule has 60 heavy (non-hydrogen) atoms. The molecule has 0 rings (SSSR count). The Hall–Kier alpha value is -2.37. The van der Waals surface area contributed by atoms with Crippen LogP contribution >= 0.6 is 0 Å². The van der Waals surface area contributed by atoms with Crippen molar-refractivity contribution in [3.05, 3.63) is 36.5 Å². The lowest BCUT2D eigenvalue weighted by Gasteiger charge is -2.18. The van der Waals surface area contributed by atoms with E-state index in [0.717, 1.165) is 77.0 Å². The molecule has 0 aromatic heterocycles. The second-order valence-corrected chi connectivity index (χ2v) is 17.4. The largest absolute Gasteiger partial charge is 0.462 e. The standard InChI is InChI=1S/C54H98O6/c1-4-7-10-13-16-19-22-25-26-27-28-29-30-33-35-38-41-44-47-53(56)59-50-51(60-54(57)48-45-42-39-36-32-24-21-18-15-12-9-6-3)49-58-52(55)46-43-40-37-34-31-23-20-17-14-11-8-5-2/h17-18,20-21,26-27,51H,4-16,19,22-25,28-50H2,1-3H3/b20-17-,21-18-,27-26-. The van der Waals surface area contributed by atoms with Gasteiger partial charge >= 0.3 is 17.9 Å². The highest BCUT2D eigenvalue weighted by Crippen LogP contribution is 2.14. The van der Waals surface area contributed by atoms with E-state index in [9.17, 15) is 14.4 Å². The van der Waals surface area contributed by atoms with E-state index in [2.05, 4.69) is 57.2 Å². The summed E-state index contributed by atoms with van der Waals surface area (Å²) in [6.45, 7) is 6.58. The summed E-state index contributed by atoms with van der Waals surface area (Å²) in [6, 6.07) is 0. The SMILES string of the molecule is CCCCC/C=C\CCCCCCCC(=O)OCC(COC(=O)CCCCCCCCC/C=C\CCCCCCCCC)OC(=O)CCCCCCC/C=C\CCCCC. The van der Waals surface area contributed by atoms with Gasteiger partial charge in [0.1, 0.15) is 13.2 Å². The Balaban J connectivity index is 4.33. The summed E-state index contributed by atoms with van der Waals surface area (Å²) in [5.74, 6) is -0.894. The van der Waals surface area contributed by atoms with Crippen LogP contribution in [0.2, 0.25) is 0 Å². The lowest BCUT2D eigenvalue weighted by atomic mass is 10.1. The first-order valence-corrected chi connectivity index (χ1v) is 26.0. The van der Waals surface area contributed by atoms with Crippen molar-refractivity contribution in [1.82, 2.24) is 0 Å². The van der Waals surface area contributed by atoms with Crippen LogP contribution in [0.15, 0.2) is 36.5 Å². The lowest BCUT2D eigenvalue weighted by Crippen LogP contribution is -2.30. The predicted molar refractivity (Wildman–Crippen MR) is 256 cm³/mol. The molecule has 0 radical (unpaired) electrons. The van der Waals surface area contributed by atoms with E-state index >= 15 is 0 Å². The van der Waals surface area contributed by atoms with Crippen LogP contribution in [-0.4, -0.2) is 37.2 Å². The summed E-state index contributed by atoms with van der Waals surface area (Å²) in [4.78, 5) is 37.9. The smallest absolute Gasteiger partial charge is 0.306 e. The summed E-state index contributed by atoms with van der Waals surface area (Å²) >= 11 is 0. The summed E-state index contributed by atoms with van der Waals surface area (Å²) in [5.41, 5.74) is 0. The zero-order valence-electron chi connectivity index (χ0n) is 40.0. The van der Waals surface area contributed by atoms with Crippen molar-refractivity contribution < 1.29 is 28.6 Å². The van der Waals surface area contributed by atoms with Gasteiger partial charge in [0.2, 0.25) is 0 Å². The third-order valence-corrected chi connectivity index (χ3v) is 11.3. The topological polar surface area (TPSA) is 78.9 Å². The molecular weight excluding hydrogens is 745 g/mol. The fourth-order valence-corrected chi connectivity index (χ4v) is 7.37. The van der Waals surface area contributed by atoms with Crippen molar-refractivity contribution in [3.8, 4) is 0 Å². The van der Waals surface area contributed by atoms with E-state index in [0.29, 0.717) is 19.3 Å². The molecular formula is C54H98O6. The van der Waals surface area contributed by atoms with Gasteiger partial charge in [-0.15, -0.1) is 0 Å². The highest BCUT2D eigenvalue weighted by atomic mass is 16.6. The molecule has 6 nitrogen and oxygen atoms in total. The minimum absolute atomic E-state index is 0.0790. The van der Waals surface area contributed by atoms with Crippen molar-refractivity contribution in [2.45, 2.75) is 277 Å². The highest BCUT2D eigenvalue weighted by molar-refractivity contribution is 5.71. The molecule has 0 aliphatic carbocycles. The van der Waals surface area contributed by atoms with Crippen LogP contribution in [0.1, 0.15) is 271 Å². The van der Waals surface area contributed by atoms with Gasteiger partial charge in [-0.3, -0.25) is 14.4 Å². The molecule has 1 atom stereocenters. The Morgan fingerprint density at radius 2 is 0.550 bits per heavy atom. The van der Waals surface area contributed by atoms with Crippen LogP contribution in [-0.2, 0) is 28.6 Å². The van der Waals surface area contributed by atoms with E-state index in [1.807, 2.05) is 0 Å². The lowest BCUT2D eigenvalue weighted by molar-refractivity contribution is -0.167. The zero-order valence-corrected chi connectivity index (χ0v) is 40.0. The molecule has 0 aliphatic rings. The van der Waals surface area contributed by atoms with E-state index in [4.69, 9.17) is 14.2 Å². The van der Waals surface area contributed by atoms with Crippen molar-refractivity contribution in [2.75, 3.05) is 13.2 Å². The molecule has 350 valence electrons. The molecule has 0 aromatic rings. The van der Waals surface area contributed by atoms with Crippen molar-refractivity contribution >= 4 is 17.9 Å². The second kappa shape index (κ2) is 49.3. The van der Waals surface area contributed by atoms with E-state index in [1.54, 1.807) is 0 Å². The first-order valence-electron chi connectivity index (χ1n) is 26.0. The molecule has 0 aromatic carbocycles. The van der Waals surface area contributed by atoms with Crippen LogP contribution in [0.5, 0.6) is 0 Å². The van der Waals surface area contributed by atoms with Gasteiger partial charge in [0.15, 0.2) is 6.10 Å². The molecule has 0 bridgehead atoms. The zero-order chi connectivity index (χ0) is 43.7. The molecule has 0 amide bonds. The van der Waals surface area contributed by atoms with Crippen LogP contribution in [0.4, 0.5) is 0 Å². The quantitative estimate of drug-likeness (QED) is 0.0263. The number of ether oxygens (including phenoxy) is 3. The van der Waals surface area contributed by atoms with E-state index in [1.165, 1.54) is 154 Å². The number of unbranched alkanes of at least 4 members (excludes halogenated alkanes) is 30. The summed E-state index contributed by atoms with van der Waals surface area (Å²) in [7, 11) is 0. The van der Waals surface area contributed by atoms with Crippen LogP contribution in [0, 0.1) is 0 Å². The van der Waals surface area contributed by atoms with Gasteiger partial charge in [0.25, 0.3) is 0 Å². The Kier molecular flexibility index (Phi) is 47.3. The second-order valence-electron chi connectivity index (χ2n) is 17.4. The number of rotatable bonds is 47. The summed E-state index contributed by atoms with van der Waals surface area (Å²) in [6.07, 6.45) is 57.0. The van der Waals surface area contributed by atoms with Gasteiger partial charge in [-0.2, -0.15) is 0 Å². The van der Waals surface area contributed by atoms with E-state index in [-0.39, 0.29) is 31.1 Å². The van der Waals surface area contributed by atoms with Crippen LogP contribution < -0.4 is 0 Å². The highest BCUT2D eigenvalue weighted by Gasteiger charge is 2.19. The predicted octanol–water partition coefficient (Wildman–Crippen LogP) is 16.9. The average molecular weight is 843 g/mol. The maximum atomic E-state index is 12.8. The summed E-state index contributed by atoms with van der Waals surface area (Å²) in [5, 5.41) is 0. The molecule has 0 aliphatic heterocycles. The third kappa shape index (κ3) is 46.7. The number of carbonyl (C=O) groups is 3. The van der Waals surface area contributed by atoms with Crippen LogP contribution in [0.3, 0.4) is 0 Å². The molecule has 0 spiro atoms. The Labute approximate surface area is 372 Å². The molecule has 0 N–H and O–H groups in total. The molecule has 0 saturated heterocycles. The fraction of sp³-hybridized carbons (Fsp3) is 0.833. The molecule has 0 fully saturated rings. The van der Waals surface area contributed by atoms with Crippen molar-refractivity contribution in [3.63, 3.8) is 0 Å². The Morgan fingerprint density at radius 1 is 0.317 bits per heavy atom. The number of carbonyl (C=O) groups excluding carboxylic acids is 3. The maximum Gasteiger partial charge on any atom is 0.306 e. The van der Waals surface area contributed by atoms with Gasteiger partial charge < -0.3 is 14.2 Å². The first kappa shape index (κ1) is 57.6. The van der Waals surface area contributed by atoms with Crippen molar-refractivity contribution in [2.24, 2.45) is 0 Å². The monoisotopic (exact) mass is 843 g/mol. The maximum absolute atomic E-state index is 12.8. The van der Waals surface area contributed by atoms with Gasteiger partial charge in [0, 0.05) is 19.3 Å². The number of hydrogen-bond acceptors (Lipinski definition) is 6. The van der Waals surface area contributed by atoms with Crippen molar-refractivity contribution in [1.29, 1.82) is 0 Å². The minimum Gasteiger partial charge on any atom is -0.462 e. The number of allylic oxidation sites excluding steroid dienone is 6. The van der Waals surface area contributed by atoms with Gasteiger partial charge in [-0.1, -0.05) is 192 Å². The molecule has 6 heteroatoms. The minimum atomic E-state index is -0.778. The summed E-state index contributed by atoms with van der Waals surface area (Å²) < 4.78 is 16.8. The first-order chi connectivity index (χ1) is 29.5. The molecule has 0 heterocycles. The normalized spacial score (nSPS) is 12.2. The number of esters is 3. The fourth-order valence-electron chi connectivity index (χ4n) is 7.37. The molecule has 1 unspecified atom stereocenters. The molecule has 0 saturated carbocycles. The van der Waals surface area contributed by atoms with E-state index < -0.39 is 6.10 Å². The van der Waals surface area contributed by atoms with Gasteiger partial charge in [-0.05, 0) is 96.3 Å². The average Bonchev–Trinajstić information content (AvgIpc) is 3.24. The van der Waals surface area contributed by atoms with Gasteiger partial charge in [-0.25, -0.2) is 0 Å². The van der Waals surface area contributed by atoms with Gasteiger partial charge in [0.05, 0.1) is 0 Å². The van der Waals surface area contributed by atoms with Crippen LogP contribution in [0.25, 0.3) is 0 Å². The Bertz CT molecular complexity index is 1020.